The zero-order valence-corrected chi connectivity index (χ0v) is 15.2. The highest BCUT2D eigenvalue weighted by atomic mass is 16.5. The van der Waals surface area contributed by atoms with E-state index in [1.54, 1.807) is 21.1 Å². The number of urea groups is 1. The summed E-state index contributed by atoms with van der Waals surface area (Å²) < 4.78 is 10.8. The predicted octanol–water partition coefficient (Wildman–Crippen LogP) is 1.61. The summed E-state index contributed by atoms with van der Waals surface area (Å²) in [6.07, 6.45) is 1.79. The molecule has 0 radical (unpaired) electrons. The van der Waals surface area contributed by atoms with Crippen LogP contribution in [0.25, 0.3) is 0 Å². The van der Waals surface area contributed by atoms with Crippen LogP contribution in [-0.2, 0) is 9.59 Å². The Morgan fingerprint density at radius 2 is 1.81 bits per heavy atom. The van der Waals surface area contributed by atoms with E-state index >= 15 is 0 Å². The molecule has 0 aromatic heterocycles. The first-order chi connectivity index (χ1) is 12.5. The molecule has 0 aliphatic carbocycles. The van der Waals surface area contributed by atoms with Gasteiger partial charge in [-0.05, 0) is 38.0 Å². The Morgan fingerprint density at radius 1 is 1.08 bits per heavy atom. The van der Waals surface area contributed by atoms with Crippen LogP contribution in [0.15, 0.2) is 18.2 Å². The highest BCUT2D eigenvalue weighted by Gasteiger charge is 2.45. The molecule has 8 heteroatoms. The monoisotopic (exact) mass is 361 g/mol. The summed E-state index contributed by atoms with van der Waals surface area (Å²) in [5, 5.41) is 0. The van der Waals surface area contributed by atoms with Crippen LogP contribution in [0.2, 0.25) is 0 Å². The van der Waals surface area contributed by atoms with E-state index < -0.39 is 17.8 Å². The van der Waals surface area contributed by atoms with Crippen LogP contribution in [0.3, 0.4) is 0 Å². The molecule has 2 heterocycles. The number of carbonyl (C=O) groups excluding carboxylic acids is 3. The number of ether oxygens (including phenoxy) is 2. The Morgan fingerprint density at radius 3 is 2.42 bits per heavy atom. The van der Waals surface area contributed by atoms with Crippen LogP contribution in [-0.4, -0.2) is 66.5 Å². The number of methoxy groups -OCH3 is 2. The van der Waals surface area contributed by atoms with Crippen molar-refractivity contribution in [3.8, 4) is 11.5 Å². The number of benzene rings is 1. The van der Waals surface area contributed by atoms with Gasteiger partial charge in [-0.15, -0.1) is 0 Å². The first kappa shape index (κ1) is 18.2. The maximum atomic E-state index is 12.4. The predicted molar refractivity (Wildman–Crippen MR) is 92.7 cm³/mol. The number of likely N-dealkylation sites (N-methyl/N-ethyl adjacent to an activating group) is 1. The lowest BCUT2D eigenvalue weighted by atomic mass is 10.0. The van der Waals surface area contributed by atoms with Gasteiger partial charge in [0, 0.05) is 24.7 Å². The summed E-state index contributed by atoms with van der Waals surface area (Å²) >= 11 is 0. The molecule has 2 aliphatic heterocycles. The van der Waals surface area contributed by atoms with Crippen LogP contribution < -0.4 is 9.47 Å². The second kappa shape index (κ2) is 7.33. The van der Waals surface area contributed by atoms with Gasteiger partial charge >= 0.3 is 17.8 Å². The normalized spacial score (nSPS) is 21.0. The molecular formula is C18H23N3O5. The maximum absolute atomic E-state index is 12.4. The third-order valence-electron chi connectivity index (χ3n) is 4.93. The fourth-order valence-electron chi connectivity index (χ4n) is 3.58. The zero-order chi connectivity index (χ0) is 18.8. The minimum Gasteiger partial charge on any atom is -0.497 e. The van der Waals surface area contributed by atoms with Crippen molar-refractivity contribution >= 4 is 17.8 Å². The number of amides is 4. The molecule has 0 bridgehead atoms. The molecule has 2 saturated heterocycles. The summed E-state index contributed by atoms with van der Waals surface area (Å²) in [6.45, 7) is 2.67. The molecule has 1 aromatic rings. The number of carbonyl (C=O) groups is 3. The van der Waals surface area contributed by atoms with Crippen molar-refractivity contribution in [1.29, 1.82) is 0 Å². The Bertz CT molecular complexity index is 736. The SMILES string of the molecule is CCN1C(=O)C(=O)N(CN2CCC[C@@H]2c2cc(OC)ccc2OC)C1=O. The van der Waals surface area contributed by atoms with Gasteiger partial charge in [0.25, 0.3) is 0 Å². The van der Waals surface area contributed by atoms with Gasteiger partial charge in [-0.2, -0.15) is 0 Å². The molecule has 2 fully saturated rings. The molecule has 140 valence electrons. The summed E-state index contributed by atoms with van der Waals surface area (Å²) in [5.74, 6) is -0.0753. The van der Waals surface area contributed by atoms with Gasteiger partial charge in [0.1, 0.15) is 11.5 Å². The molecule has 2 aliphatic rings. The van der Waals surface area contributed by atoms with Crippen LogP contribution in [0.5, 0.6) is 11.5 Å². The lowest BCUT2D eigenvalue weighted by Gasteiger charge is -2.29. The quantitative estimate of drug-likeness (QED) is 0.566. The van der Waals surface area contributed by atoms with Crippen LogP contribution in [0.4, 0.5) is 4.79 Å². The van der Waals surface area contributed by atoms with E-state index in [1.165, 1.54) is 0 Å². The van der Waals surface area contributed by atoms with Crippen LogP contribution in [0, 0.1) is 0 Å². The Hall–Kier alpha value is -2.61. The van der Waals surface area contributed by atoms with Crippen molar-refractivity contribution < 1.29 is 23.9 Å². The van der Waals surface area contributed by atoms with Crippen molar-refractivity contribution in [3.63, 3.8) is 0 Å². The first-order valence-corrected chi connectivity index (χ1v) is 8.65. The van der Waals surface area contributed by atoms with E-state index in [0.29, 0.717) is 5.75 Å². The molecule has 3 rings (SSSR count). The molecule has 1 aromatic carbocycles. The van der Waals surface area contributed by atoms with Crippen molar-refractivity contribution in [1.82, 2.24) is 14.7 Å². The van der Waals surface area contributed by atoms with Crippen LogP contribution >= 0.6 is 0 Å². The smallest absolute Gasteiger partial charge is 0.335 e. The van der Waals surface area contributed by atoms with Crippen molar-refractivity contribution in [2.75, 3.05) is 34.0 Å². The van der Waals surface area contributed by atoms with Gasteiger partial charge in [-0.3, -0.25) is 19.4 Å². The molecule has 0 unspecified atom stereocenters. The summed E-state index contributed by atoms with van der Waals surface area (Å²) in [5.41, 5.74) is 0.946. The summed E-state index contributed by atoms with van der Waals surface area (Å²) in [4.78, 5) is 40.5. The molecule has 1 atom stereocenters. The Labute approximate surface area is 152 Å². The standard InChI is InChI=1S/C18H23N3O5/c1-4-20-16(22)17(23)21(18(20)24)11-19-9-5-6-14(19)13-10-12(25-2)7-8-15(13)26-3/h7-8,10,14H,4-6,9,11H2,1-3H3/t14-/m1/s1. The second-order valence-corrected chi connectivity index (χ2v) is 6.28. The minimum absolute atomic E-state index is 0.0218. The van der Waals surface area contributed by atoms with E-state index in [2.05, 4.69) is 0 Å². The first-order valence-electron chi connectivity index (χ1n) is 8.65. The average Bonchev–Trinajstić information content (AvgIpc) is 3.20. The minimum atomic E-state index is -0.764. The van der Waals surface area contributed by atoms with Gasteiger partial charge < -0.3 is 9.47 Å². The van der Waals surface area contributed by atoms with Crippen molar-refractivity contribution in [3.05, 3.63) is 23.8 Å². The summed E-state index contributed by atoms with van der Waals surface area (Å²) in [7, 11) is 3.21. The molecule has 0 saturated carbocycles. The zero-order valence-electron chi connectivity index (χ0n) is 15.2. The number of imide groups is 2. The van der Waals surface area contributed by atoms with Gasteiger partial charge in [0.2, 0.25) is 0 Å². The van der Waals surface area contributed by atoms with Crippen molar-refractivity contribution in [2.45, 2.75) is 25.8 Å². The molecule has 0 N–H and O–H groups in total. The van der Waals surface area contributed by atoms with Gasteiger partial charge in [0.05, 0.1) is 20.9 Å². The number of likely N-dealkylation sites (tertiary alicyclic amines) is 1. The molecule has 8 nitrogen and oxygen atoms in total. The molecule has 26 heavy (non-hydrogen) atoms. The number of rotatable bonds is 6. The third kappa shape index (κ3) is 3.01. The highest BCUT2D eigenvalue weighted by Crippen LogP contribution is 2.39. The van der Waals surface area contributed by atoms with E-state index in [0.717, 1.165) is 40.5 Å². The fourth-order valence-corrected chi connectivity index (χ4v) is 3.58. The number of hydrogen-bond acceptors (Lipinski definition) is 6. The van der Waals surface area contributed by atoms with E-state index in [-0.39, 0.29) is 19.3 Å². The van der Waals surface area contributed by atoms with E-state index in [9.17, 15) is 14.4 Å². The Kier molecular flexibility index (Phi) is 5.13. The maximum Gasteiger partial charge on any atom is 0.335 e. The topological polar surface area (TPSA) is 79.4 Å². The third-order valence-corrected chi connectivity index (χ3v) is 4.93. The molecule has 4 amide bonds. The lowest BCUT2D eigenvalue weighted by molar-refractivity contribution is -0.143. The van der Waals surface area contributed by atoms with Crippen LogP contribution in [0.1, 0.15) is 31.4 Å². The molecule has 0 spiro atoms. The van der Waals surface area contributed by atoms with Gasteiger partial charge in [-0.25, -0.2) is 9.69 Å². The highest BCUT2D eigenvalue weighted by molar-refractivity contribution is 6.44. The number of hydrogen-bond donors (Lipinski definition) is 0. The Balaban J connectivity index is 1.85. The van der Waals surface area contributed by atoms with Gasteiger partial charge in [-0.1, -0.05) is 0 Å². The fraction of sp³-hybridized carbons (Fsp3) is 0.500. The molecular weight excluding hydrogens is 338 g/mol. The van der Waals surface area contributed by atoms with E-state index in [4.69, 9.17) is 9.47 Å². The van der Waals surface area contributed by atoms with E-state index in [1.807, 2.05) is 23.1 Å². The largest absolute Gasteiger partial charge is 0.497 e. The van der Waals surface area contributed by atoms with Crippen molar-refractivity contribution in [2.24, 2.45) is 0 Å². The average molecular weight is 361 g/mol. The lowest BCUT2D eigenvalue weighted by Crippen LogP contribution is -2.42. The van der Waals surface area contributed by atoms with Gasteiger partial charge in [0.15, 0.2) is 0 Å². The number of nitrogens with zero attached hydrogens (tertiary/aromatic N) is 3. The second-order valence-electron chi connectivity index (χ2n) is 6.28. The summed E-state index contributed by atoms with van der Waals surface area (Å²) in [6, 6.07) is 5.02.